The van der Waals surface area contributed by atoms with E-state index in [0.717, 1.165) is 0 Å². The van der Waals surface area contributed by atoms with E-state index in [9.17, 15) is 22.4 Å². The Bertz CT molecular complexity index is 514. The van der Waals surface area contributed by atoms with E-state index in [4.69, 9.17) is 4.74 Å². The summed E-state index contributed by atoms with van der Waals surface area (Å²) in [6.07, 6.45) is 0.0486. The first kappa shape index (κ1) is 16.6. The summed E-state index contributed by atoms with van der Waals surface area (Å²) in [6.45, 7) is 4.58. The van der Waals surface area contributed by atoms with Gasteiger partial charge in [-0.2, -0.15) is 0 Å². The minimum absolute atomic E-state index is 0.514. The average Bonchev–Trinajstić information content (AvgIpc) is 2.31. The molecule has 0 unspecified atom stereocenters. The van der Waals surface area contributed by atoms with Crippen molar-refractivity contribution < 1.29 is 27.1 Å². The van der Waals surface area contributed by atoms with E-state index in [1.807, 2.05) is 0 Å². The zero-order valence-corrected chi connectivity index (χ0v) is 12.1. The fourth-order valence-electron chi connectivity index (χ4n) is 1.31. The summed E-state index contributed by atoms with van der Waals surface area (Å²) in [4.78, 5) is 10.6. The second-order valence-corrected chi connectivity index (χ2v) is 5.61. The van der Waals surface area contributed by atoms with Gasteiger partial charge in [0.15, 0.2) is 23.3 Å². The lowest BCUT2D eigenvalue weighted by atomic mass is 10.2. The summed E-state index contributed by atoms with van der Waals surface area (Å²) in [5, 5.41) is 1.67. The molecular formula is C12H13F4NO2S. The van der Waals surface area contributed by atoms with Gasteiger partial charge in [0, 0.05) is 0 Å². The highest BCUT2D eigenvalue weighted by molar-refractivity contribution is 7.98. The number of halogens is 4. The highest BCUT2D eigenvalue weighted by Gasteiger charge is 2.27. The molecule has 0 aliphatic carbocycles. The van der Waals surface area contributed by atoms with Gasteiger partial charge in [-0.15, -0.1) is 11.8 Å². The Hall–Kier alpha value is -1.44. The lowest BCUT2D eigenvalue weighted by Gasteiger charge is -2.20. The molecule has 0 heterocycles. The van der Waals surface area contributed by atoms with E-state index < -0.39 is 45.5 Å². The van der Waals surface area contributed by atoms with Gasteiger partial charge in [-0.25, -0.2) is 22.4 Å². The Labute approximate surface area is 117 Å². The monoisotopic (exact) mass is 311 g/mol. The zero-order valence-electron chi connectivity index (χ0n) is 11.2. The van der Waals surface area contributed by atoms with Crippen LogP contribution < -0.4 is 5.32 Å². The van der Waals surface area contributed by atoms with Crippen molar-refractivity contribution in [1.29, 1.82) is 0 Å². The molecule has 0 aromatic heterocycles. The Morgan fingerprint density at radius 2 is 1.50 bits per heavy atom. The first-order valence-corrected chi connectivity index (χ1v) is 6.71. The van der Waals surface area contributed by atoms with Crippen molar-refractivity contribution in [2.45, 2.75) is 31.3 Å². The normalized spacial score (nSPS) is 11.4. The number of nitrogens with one attached hydrogen (secondary N) is 1. The highest BCUT2D eigenvalue weighted by Crippen LogP contribution is 2.33. The van der Waals surface area contributed by atoms with E-state index in [-0.39, 0.29) is 0 Å². The number of anilines is 1. The van der Waals surface area contributed by atoms with Crippen molar-refractivity contribution in [3.63, 3.8) is 0 Å². The van der Waals surface area contributed by atoms with Crippen LogP contribution in [0.5, 0.6) is 0 Å². The smallest absolute Gasteiger partial charge is 0.412 e. The van der Waals surface area contributed by atoms with Crippen LogP contribution in [0.2, 0.25) is 0 Å². The van der Waals surface area contributed by atoms with Gasteiger partial charge >= 0.3 is 6.09 Å². The largest absolute Gasteiger partial charge is 0.444 e. The lowest BCUT2D eigenvalue weighted by Crippen LogP contribution is -2.28. The minimum atomic E-state index is -1.68. The Morgan fingerprint density at radius 3 is 1.85 bits per heavy atom. The molecule has 0 aliphatic rings. The summed E-state index contributed by atoms with van der Waals surface area (Å²) in [5.74, 6) is -6.50. The maximum absolute atomic E-state index is 13.6. The van der Waals surface area contributed by atoms with Crippen molar-refractivity contribution in [2.24, 2.45) is 0 Å². The SMILES string of the molecule is CSc1c(F)c(F)c(NC(=O)OC(C)(C)C)c(F)c1F. The van der Waals surface area contributed by atoms with E-state index in [0.29, 0.717) is 11.8 Å². The van der Waals surface area contributed by atoms with Gasteiger partial charge in [-0.3, -0.25) is 5.32 Å². The number of ether oxygens (including phenoxy) is 1. The van der Waals surface area contributed by atoms with Crippen LogP contribution in [0.15, 0.2) is 4.90 Å². The first-order chi connectivity index (χ1) is 9.08. The number of amides is 1. The summed E-state index contributed by atoms with van der Waals surface area (Å²) in [6, 6.07) is 0. The van der Waals surface area contributed by atoms with Crippen LogP contribution in [0.3, 0.4) is 0 Å². The average molecular weight is 311 g/mol. The van der Waals surface area contributed by atoms with Crippen molar-refractivity contribution in [3.05, 3.63) is 23.3 Å². The number of carbonyl (C=O) groups excluding carboxylic acids is 1. The lowest BCUT2D eigenvalue weighted by molar-refractivity contribution is 0.0634. The van der Waals surface area contributed by atoms with Crippen LogP contribution >= 0.6 is 11.8 Å². The van der Waals surface area contributed by atoms with E-state index in [2.05, 4.69) is 0 Å². The number of thioether (sulfide) groups is 1. The summed E-state index contributed by atoms with van der Waals surface area (Å²) in [5.41, 5.74) is -2.14. The van der Waals surface area contributed by atoms with Gasteiger partial charge in [0.1, 0.15) is 11.3 Å². The van der Waals surface area contributed by atoms with Crippen LogP contribution in [0.1, 0.15) is 20.8 Å². The van der Waals surface area contributed by atoms with Crippen molar-refractivity contribution in [1.82, 2.24) is 0 Å². The van der Waals surface area contributed by atoms with Crippen LogP contribution in [0, 0.1) is 23.3 Å². The number of hydrogen-bond acceptors (Lipinski definition) is 3. The molecule has 0 saturated carbocycles. The summed E-state index contributed by atoms with van der Waals surface area (Å²) in [7, 11) is 0. The van der Waals surface area contributed by atoms with Crippen LogP contribution in [-0.4, -0.2) is 18.0 Å². The number of hydrogen-bond donors (Lipinski definition) is 1. The van der Waals surface area contributed by atoms with Crippen molar-refractivity contribution in [2.75, 3.05) is 11.6 Å². The topological polar surface area (TPSA) is 38.3 Å². The predicted octanol–water partition coefficient (Wildman–Crippen LogP) is 4.31. The van der Waals surface area contributed by atoms with E-state index in [1.165, 1.54) is 27.0 Å². The molecule has 0 saturated heterocycles. The maximum Gasteiger partial charge on any atom is 0.412 e. The molecule has 0 aliphatic heterocycles. The molecule has 8 heteroatoms. The van der Waals surface area contributed by atoms with Crippen LogP contribution in [0.25, 0.3) is 0 Å². The number of carbonyl (C=O) groups is 1. The standard InChI is InChI=1S/C12H13F4NO2S/c1-12(2,3)19-11(18)17-9-5(13)7(15)10(20-4)8(16)6(9)14/h1-4H3,(H,17,18). The zero-order chi connectivity index (χ0) is 15.7. The molecule has 1 N–H and O–H groups in total. The molecule has 0 fully saturated rings. The summed E-state index contributed by atoms with van der Waals surface area (Å²) < 4.78 is 59.0. The van der Waals surface area contributed by atoms with Crippen molar-refractivity contribution >= 4 is 23.5 Å². The Kier molecular flexibility index (Phi) is 4.90. The third-order valence-electron chi connectivity index (χ3n) is 2.05. The van der Waals surface area contributed by atoms with Crippen molar-refractivity contribution in [3.8, 4) is 0 Å². The van der Waals surface area contributed by atoms with E-state index >= 15 is 0 Å². The predicted molar refractivity (Wildman–Crippen MR) is 67.9 cm³/mol. The van der Waals surface area contributed by atoms with Gasteiger partial charge in [-0.1, -0.05) is 0 Å². The van der Waals surface area contributed by atoms with Gasteiger partial charge in [0.05, 0.1) is 4.90 Å². The third kappa shape index (κ3) is 3.56. The molecule has 0 bridgehead atoms. The molecule has 1 rings (SSSR count). The van der Waals surface area contributed by atoms with Gasteiger partial charge in [-0.05, 0) is 27.0 Å². The second-order valence-electron chi connectivity index (χ2n) is 4.79. The van der Waals surface area contributed by atoms with Crippen LogP contribution in [0.4, 0.5) is 28.0 Å². The highest BCUT2D eigenvalue weighted by atomic mass is 32.2. The van der Waals surface area contributed by atoms with Gasteiger partial charge < -0.3 is 4.74 Å². The molecular weight excluding hydrogens is 298 g/mol. The maximum atomic E-state index is 13.6. The Balaban J connectivity index is 3.17. The second kappa shape index (κ2) is 5.90. The van der Waals surface area contributed by atoms with Gasteiger partial charge in [0.2, 0.25) is 0 Å². The molecule has 0 radical (unpaired) electrons. The number of rotatable bonds is 2. The molecule has 1 aromatic rings. The third-order valence-corrected chi connectivity index (χ3v) is 2.82. The number of benzene rings is 1. The van der Waals surface area contributed by atoms with E-state index in [1.54, 1.807) is 5.32 Å². The molecule has 20 heavy (non-hydrogen) atoms. The fourth-order valence-corrected chi connectivity index (χ4v) is 1.84. The van der Waals surface area contributed by atoms with Crippen LogP contribution in [-0.2, 0) is 4.74 Å². The molecule has 0 atom stereocenters. The molecule has 3 nitrogen and oxygen atoms in total. The van der Waals surface area contributed by atoms with Gasteiger partial charge in [0.25, 0.3) is 0 Å². The molecule has 112 valence electrons. The quantitative estimate of drug-likeness (QED) is 0.502. The summed E-state index contributed by atoms with van der Waals surface area (Å²) >= 11 is 0.514. The molecule has 1 aromatic carbocycles. The molecule has 0 spiro atoms. The Morgan fingerprint density at radius 1 is 1.05 bits per heavy atom. The minimum Gasteiger partial charge on any atom is -0.444 e. The first-order valence-electron chi connectivity index (χ1n) is 5.48. The molecule has 1 amide bonds. The fraction of sp³-hybridized carbons (Fsp3) is 0.417.